The van der Waals surface area contributed by atoms with Crippen LogP contribution in [0, 0.1) is 9.62 Å². The molecular formula is C27H27F6IN6OS. The number of amidine groups is 1. The number of thioether (sulfide) groups is 1. The van der Waals surface area contributed by atoms with Crippen molar-refractivity contribution in [3.63, 3.8) is 0 Å². The second kappa shape index (κ2) is 12.3. The minimum Gasteiger partial charge on any atom is -0.304 e. The summed E-state index contributed by atoms with van der Waals surface area (Å²) in [4.78, 5) is 22.2. The minimum atomic E-state index is -4.93. The molecule has 2 saturated heterocycles. The number of piperazine rings is 1. The van der Waals surface area contributed by atoms with Crippen molar-refractivity contribution in [1.29, 1.82) is 0 Å². The summed E-state index contributed by atoms with van der Waals surface area (Å²) >= 11 is 3.21. The van der Waals surface area contributed by atoms with E-state index in [9.17, 15) is 31.1 Å². The topological polar surface area (TPSA) is 65.8 Å². The zero-order valence-electron chi connectivity index (χ0n) is 22.4. The molecule has 2 aromatic rings. The highest BCUT2D eigenvalue weighted by Crippen LogP contribution is 2.42. The molecule has 1 aliphatic carbocycles. The molecule has 7 nitrogen and oxygen atoms in total. The molecule has 1 unspecified atom stereocenters. The van der Waals surface area contributed by atoms with Crippen molar-refractivity contribution in [3.05, 3.63) is 55.7 Å². The summed E-state index contributed by atoms with van der Waals surface area (Å²) in [5, 5.41) is 8.33. The number of amides is 1. The van der Waals surface area contributed by atoms with E-state index in [1.165, 1.54) is 16.4 Å². The first kappa shape index (κ1) is 31.1. The highest BCUT2D eigenvalue weighted by Gasteiger charge is 2.44. The van der Waals surface area contributed by atoms with Crippen molar-refractivity contribution in [1.82, 2.24) is 24.9 Å². The number of fused-ring (bicyclic) bond motifs is 1. The van der Waals surface area contributed by atoms with E-state index >= 15 is 0 Å². The van der Waals surface area contributed by atoms with Crippen molar-refractivity contribution in [2.75, 3.05) is 46.3 Å². The van der Waals surface area contributed by atoms with Gasteiger partial charge in [-0.15, -0.1) is 0 Å². The van der Waals surface area contributed by atoms with E-state index in [1.807, 2.05) is 22.6 Å². The van der Waals surface area contributed by atoms with Crippen LogP contribution in [0.2, 0.25) is 0 Å². The van der Waals surface area contributed by atoms with Crippen LogP contribution >= 0.6 is 34.4 Å². The number of alkyl halides is 6. The van der Waals surface area contributed by atoms with Gasteiger partial charge >= 0.3 is 12.4 Å². The summed E-state index contributed by atoms with van der Waals surface area (Å²) in [6.07, 6.45) is -7.28. The van der Waals surface area contributed by atoms with E-state index in [4.69, 9.17) is 0 Å². The smallest absolute Gasteiger partial charge is 0.304 e. The average Bonchev–Trinajstić information content (AvgIpc) is 3.42. The Bertz CT molecular complexity index is 1490. The Morgan fingerprint density at radius 2 is 1.90 bits per heavy atom. The molecule has 2 aliphatic heterocycles. The van der Waals surface area contributed by atoms with Crippen LogP contribution in [0.15, 0.2) is 51.4 Å². The second-order valence-corrected chi connectivity index (χ2v) is 12.4. The lowest BCUT2D eigenvalue weighted by atomic mass is 9.89. The van der Waals surface area contributed by atoms with Crippen molar-refractivity contribution in [2.45, 2.75) is 25.3 Å². The fourth-order valence-corrected chi connectivity index (χ4v) is 6.50. The maximum atomic E-state index is 13.7. The molecule has 5 rings (SSSR count). The van der Waals surface area contributed by atoms with E-state index in [2.05, 4.69) is 32.3 Å². The Hall–Kier alpha value is -2.37. The van der Waals surface area contributed by atoms with Crippen LogP contribution in [-0.4, -0.2) is 89.3 Å². The van der Waals surface area contributed by atoms with Gasteiger partial charge in [0.1, 0.15) is 3.70 Å². The van der Waals surface area contributed by atoms with E-state index in [-0.39, 0.29) is 24.1 Å². The molecule has 1 aromatic heterocycles. The molecule has 3 heterocycles. The number of carbonyl (C=O) groups is 1. The number of hydrogen-bond donors (Lipinski definition) is 1. The first-order chi connectivity index (χ1) is 19.8. The summed E-state index contributed by atoms with van der Waals surface area (Å²) in [7, 11) is 2.10. The van der Waals surface area contributed by atoms with Crippen molar-refractivity contribution < 1.29 is 31.1 Å². The van der Waals surface area contributed by atoms with E-state index in [0.717, 1.165) is 38.8 Å². The molecule has 42 heavy (non-hydrogen) atoms. The zero-order valence-corrected chi connectivity index (χ0v) is 25.4. The van der Waals surface area contributed by atoms with Gasteiger partial charge in [0.25, 0.3) is 5.91 Å². The number of aromatic nitrogens is 2. The minimum absolute atomic E-state index is 0.256. The fraction of sp³-hybridized carbons (Fsp3) is 0.444. The highest BCUT2D eigenvalue weighted by atomic mass is 127. The van der Waals surface area contributed by atoms with E-state index in [1.54, 1.807) is 24.3 Å². The van der Waals surface area contributed by atoms with Gasteiger partial charge in [-0.05, 0) is 77.2 Å². The summed E-state index contributed by atoms with van der Waals surface area (Å²) in [6.45, 7) is 5.06. The van der Waals surface area contributed by atoms with E-state index in [0.29, 0.717) is 36.8 Å². The first-order valence-corrected chi connectivity index (χ1v) is 15.0. The fourth-order valence-electron chi connectivity index (χ4n) is 4.96. The number of rotatable bonds is 6. The second-order valence-electron chi connectivity index (χ2n) is 10.3. The lowest BCUT2D eigenvalue weighted by Crippen LogP contribution is -2.45. The van der Waals surface area contributed by atoms with Gasteiger partial charge < -0.3 is 10.2 Å². The summed E-state index contributed by atoms with van der Waals surface area (Å²) < 4.78 is 82.3. The quantitative estimate of drug-likeness (QED) is 0.244. The van der Waals surface area contributed by atoms with E-state index < -0.39 is 30.3 Å². The molecule has 226 valence electrons. The number of hydrogen-bond acceptors (Lipinski definition) is 6. The molecule has 1 atom stereocenters. The molecule has 1 aromatic carbocycles. The Labute approximate surface area is 255 Å². The van der Waals surface area contributed by atoms with Crippen LogP contribution in [-0.2, 0) is 11.3 Å². The maximum absolute atomic E-state index is 13.7. The Balaban J connectivity index is 1.29. The molecule has 15 heteroatoms. The van der Waals surface area contributed by atoms with Crippen LogP contribution in [0.5, 0.6) is 0 Å². The van der Waals surface area contributed by atoms with Gasteiger partial charge in [-0.1, -0.05) is 18.2 Å². The highest BCUT2D eigenvalue weighted by molar-refractivity contribution is 14.1. The molecular weight excluding hydrogens is 697 g/mol. The van der Waals surface area contributed by atoms with Crippen LogP contribution in [0.25, 0.3) is 17.0 Å². The SMILES string of the molecule is CN1CCN(CCN=C2NC(=O)/C(=C/c3ccc4c(c3)c(I)nn4CC3=CCC(C(F)(F)F)C=C3C(F)(F)F)S2)CC1. The zero-order chi connectivity index (χ0) is 30.2. The van der Waals surface area contributed by atoms with Crippen LogP contribution < -0.4 is 5.32 Å². The molecule has 0 bridgehead atoms. The van der Waals surface area contributed by atoms with Gasteiger partial charge in [-0.25, -0.2) is 0 Å². The number of benzene rings is 1. The van der Waals surface area contributed by atoms with Gasteiger partial charge in [0.15, 0.2) is 5.17 Å². The summed E-state index contributed by atoms with van der Waals surface area (Å²) in [5.41, 5.74) is -0.330. The first-order valence-electron chi connectivity index (χ1n) is 13.2. The van der Waals surface area contributed by atoms with Gasteiger partial charge in [0.05, 0.1) is 35.0 Å². The summed E-state index contributed by atoms with van der Waals surface area (Å²) in [6, 6.07) is 5.17. The third-order valence-electron chi connectivity index (χ3n) is 7.32. The van der Waals surface area contributed by atoms with Crippen molar-refractivity contribution in [3.8, 4) is 0 Å². The predicted molar refractivity (Wildman–Crippen MR) is 159 cm³/mol. The molecule has 2 fully saturated rings. The third kappa shape index (κ3) is 7.22. The number of aliphatic imine (C=N–C) groups is 1. The Morgan fingerprint density at radius 1 is 1.17 bits per heavy atom. The largest absolute Gasteiger partial charge is 0.416 e. The van der Waals surface area contributed by atoms with Crippen molar-refractivity contribution in [2.24, 2.45) is 10.9 Å². The third-order valence-corrected chi connectivity index (χ3v) is 9.07. The maximum Gasteiger partial charge on any atom is 0.416 e. The number of nitrogens with zero attached hydrogens (tertiary/aromatic N) is 5. The van der Waals surface area contributed by atoms with Gasteiger partial charge in [-0.2, -0.15) is 31.4 Å². The molecule has 0 radical (unpaired) electrons. The van der Waals surface area contributed by atoms with Crippen molar-refractivity contribution >= 4 is 62.4 Å². The number of carbonyl (C=O) groups excluding carboxylic acids is 1. The number of allylic oxidation sites excluding steroid dienone is 4. The molecule has 3 aliphatic rings. The average molecular weight is 725 g/mol. The summed E-state index contributed by atoms with van der Waals surface area (Å²) in [5.74, 6) is -2.45. The molecule has 1 N–H and O–H groups in total. The van der Waals surface area contributed by atoms with Gasteiger partial charge in [0, 0.05) is 38.1 Å². The predicted octanol–water partition coefficient (Wildman–Crippen LogP) is 5.45. The van der Waals surface area contributed by atoms with Crippen LogP contribution in [0.4, 0.5) is 26.3 Å². The molecule has 1 amide bonds. The number of nitrogens with one attached hydrogen (secondary N) is 1. The monoisotopic (exact) mass is 724 g/mol. The van der Waals surface area contributed by atoms with Gasteiger partial charge in [-0.3, -0.25) is 19.4 Å². The Kier molecular flexibility index (Phi) is 9.11. The van der Waals surface area contributed by atoms with Gasteiger partial charge in [0.2, 0.25) is 0 Å². The number of likely N-dealkylation sites (N-methyl/N-ethyl adjacent to an activating group) is 1. The van der Waals surface area contributed by atoms with Crippen LogP contribution in [0.3, 0.4) is 0 Å². The Morgan fingerprint density at radius 3 is 2.60 bits per heavy atom. The molecule has 0 spiro atoms. The number of halogens is 7. The lowest BCUT2D eigenvalue weighted by molar-refractivity contribution is -0.162. The normalized spacial score (nSPS) is 23.1. The standard InChI is InChI=1S/C27H27F6IN6OS/c1-38-8-10-39(11-9-38)7-6-35-25-36-24(41)22(42-25)13-16-2-5-21-19(12-16)23(34)37-40(21)15-17-3-4-18(26(28,29)30)14-20(17)27(31,32)33/h2-3,5,12-14,18H,4,6-11,15H2,1H3,(H,35,36,41)/b22-13-. The lowest BCUT2D eigenvalue weighted by Gasteiger charge is -2.31. The molecule has 0 saturated carbocycles. The van der Waals surface area contributed by atoms with Crippen LogP contribution in [0.1, 0.15) is 12.0 Å².